The summed E-state index contributed by atoms with van der Waals surface area (Å²) in [7, 11) is 0. The van der Waals surface area contributed by atoms with Crippen molar-refractivity contribution in [2.24, 2.45) is 5.92 Å². The Hall–Kier alpha value is -0.160. The molecule has 0 aromatic carbocycles. The van der Waals surface area contributed by atoms with Crippen molar-refractivity contribution in [2.75, 3.05) is 26.4 Å². The fraction of sp³-hybridized carbons (Fsp3) is 1.00. The number of rotatable bonds is 6. The van der Waals surface area contributed by atoms with Gasteiger partial charge in [-0.25, -0.2) is 0 Å². The molecule has 4 nitrogen and oxygen atoms in total. The van der Waals surface area contributed by atoms with Crippen LogP contribution in [0.1, 0.15) is 32.6 Å². The lowest BCUT2D eigenvalue weighted by atomic mass is 9.87. The van der Waals surface area contributed by atoms with E-state index in [1.807, 2.05) is 0 Å². The van der Waals surface area contributed by atoms with Crippen molar-refractivity contribution in [3.63, 3.8) is 0 Å². The zero-order valence-electron chi connectivity index (χ0n) is 10.6. The molecule has 1 heterocycles. The van der Waals surface area contributed by atoms with Crippen molar-refractivity contribution >= 4 is 0 Å². The summed E-state index contributed by atoms with van der Waals surface area (Å²) in [4.78, 5) is 0. The number of aliphatic hydroxyl groups excluding tert-OH is 1. The van der Waals surface area contributed by atoms with Gasteiger partial charge in [0, 0.05) is 26.2 Å². The third-order valence-electron chi connectivity index (χ3n) is 3.62. The summed E-state index contributed by atoms with van der Waals surface area (Å²) >= 11 is 0. The average Bonchev–Trinajstić information content (AvgIpc) is 2.36. The van der Waals surface area contributed by atoms with Gasteiger partial charge < -0.3 is 19.3 Å². The van der Waals surface area contributed by atoms with Crippen LogP contribution >= 0.6 is 0 Å². The molecule has 0 aromatic rings. The van der Waals surface area contributed by atoms with E-state index >= 15 is 0 Å². The van der Waals surface area contributed by atoms with Gasteiger partial charge in [-0.05, 0) is 25.2 Å². The van der Waals surface area contributed by atoms with E-state index < -0.39 is 0 Å². The Bertz CT molecular complexity index is 215. The Balaban J connectivity index is 1.64. The molecule has 1 saturated carbocycles. The molecule has 100 valence electrons. The summed E-state index contributed by atoms with van der Waals surface area (Å²) in [5, 5.41) is 9.62. The van der Waals surface area contributed by atoms with Crippen LogP contribution in [0.5, 0.6) is 0 Å². The maximum atomic E-state index is 9.62. The first-order valence-electron chi connectivity index (χ1n) is 6.80. The molecular formula is C13H24O4. The van der Waals surface area contributed by atoms with Crippen molar-refractivity contribution in [2.45, 2.75) is 50.9 Å². The molecule has 4 heteroatoms. The molecule has 0 spiro atoms. The molecule has 3 unspecified atom stereocenters. The number of ether oxygens (including phenoxy) is 3. The molecule has 2 fully saturated rings. The van der Waals surface area contributed by atoms with E-state index in [0.29, 0.717) is 12.5 Å². The molecule has 1 N–H and O–H groups in total. The van der Waals surface area contributed by atoms with Crippen LogP contribution in [0.4, 0.5) is 0 Å². The Morgan fingerprint density at radius 2 is 2.00 bits per heavy atom. The first kappa shape index (κ1) is 13.3. The SMILES string of the molecule is CCCOC1C(O)CC1OCC1CCOCC1. The second-order valence-electron chi connectivity index (χ2n) is 5.07. The van der Waals surface area contributed by atoms with Gasteiger partial charge in [-0.15, -0.1) is 0 Å². The second kappa shape index (κ2) is 6.69. The number of aliphatic hydroxyl groups is 1. The third kappa shape index (κ3) is 3.65. The maximum Gasteiger partial charge on any atom is 0.110 e. The van der Waals surface area contributed by atoms with E-state index in [1.54, 1.807) is 0 Å². The normalized spacial score (nSPS) is 34.6. The van der Waals surface area contributed by atoms with E-state index in [1.165, 1.54) is 0 Å². The molecule has 1 aliphatic carbocycles. The van der Waals surface area contributed by atoms with Gasteiger partial charge >= 0.3 is 0 Å². The van der Waals surface area contributed by atoms with Crippen LogP contribution in [0.15, 0.2) is 0 Å². The second-order valence-corrected chi connectivity index (χ2v) is 5.07. The zero-order valence-corrected chi connectivity index (χ0v) is 10.6. The predicted octanol–water partition coefficient (Wildman–Crippen LogP) is 1.36. The smallest absolute Gasteiger partial charge is 0.110 e. The van der Waals surface area contributed by atoms with E-state index in [2.05, 4.69) is 6.92 Å². The quantitative estimate of drug-likeness (QED) is 0.766. The highest BCUT2D eigenvalue weighted by Gasteiger charge is 2.42. The average molecular weight is 244 g/mol. The van der Waals surface area contributed by atoms with Gasteiger partial charge in [0.05, 0.1) is 18.8 Å². The molecule has 0 bridgehead atoms. The topological polar surface area (TPSA) is 47.9 Å². The molecule has 0 amide bonds. The highest BCUT2D eigenvalue weighted by molar-refractivity contribution is 4.92. The summed E-state index contributed by atoms with van der Waals surface area (Å²) in [5.41, 5.74) is 0. The third-order valence-corrected chi connectivity index (χ3v) is 3.62. The molecule has 17 heavy (non-hydrogen) atoms. The first-order valence-corrected chi connectivity index (χ1v) is 6.80. The van der Waals surface area contributed by atoms with Crippen LogP contribution in [-0.4, -0.2) is 49.8 Å². The van der Waals surface area contributed by atoms with Gasteiger partial charge in [0.2, 0.25) is 0 Å². The maximum absolute atomic E-state index is 9.62. The largest absolute Gasteiger partial charge is 0.390 e. The van der Waals surface area contributed by atoms with E-state index in [0.717, 1.165) is 45.5 Å². The van der Waals surface area contributed by atoms with Crippen LogP contribution in [0.25, 0.3) is 0 Å². The lowest BCUT2D eigenvalue weighted by molar-refractivity contribution is -0.197. The van der Waals surface area contributed by atoms with E-state index in [4.69, 9.17) is 14.2 Å². The fourth-order valence-electron chi connectivity index (χ4n) is 2.37. The number of hydrogen-bond acceptors (Lipinski definition) is 4. The fourth-order valence-corrected chi connectivity index (χ4v) is 2.37. The van der Waals surface area contributed by atoms with Crippen LogP contribution < -0.4 is 0 Å². The Labute approximate surface area is 103 Å². The Morgan fingerprint density at radius 3 is 2.65 bits per heavy atom. The van der Waals surface area contributed by atoms with E-state index in [9.17, 15) is 5.11 Å². The summed E-state index contributed by atoms with van der Waals surface area (Å²) in [5.74, 6) is 0.619. The highest BCUT2D eigenvalue weighted by Crippen LogP contribution is 2.28. The molecule has 3 atom stereocenters. The van der Waals surface area contributed by atoms with Gasteiger partial charge in [-0.2, -0.15) is 0 Å². The lowest BCUT2D eigenvalue weighted by Crippen LogP contribution is -2.54. The van der Waals surface area contributed by atoms with E-state index in [-0.39, 0.29) is 18.3 Å². The summed E-state index contributed by atoms with van der Waals surface area (Å²) in [6.45, 7) is 5.28. The highest BCUT2D eigenvalue weighted by atomic mass is 16.6. The van der Waals surface area contributed by atoms with Crippen molar-refractivity contribution in [3.05, 3.63) is 0 Å². The molecule has 1 aliphatic heterocycles. The Kier molecular flexibility index (Phi) is 5.22. The molecule has 0 aromatic heterocycles. The predicted molar refractivity (Wildman–Crippen MR) is 63.9 cm³/mol. The monoisotopic (exact) mass is 244 g/mol. The zero-order chi connectivity index (χ0) is 12.1. The standard InChI is InChI=1S/C13H24O4/c1-2-5-16-13-11(14)8-12(13)17-9-10-3-6-15-7-4-10/h10-14H,2-9H2,1H3. The minimum Gasteiger partial charge on any atom is -0.390 e. The Morgan fingerprint density at radius 1 is 1.24 bits per heavy atom. The molecule has 0 radical (unpaired) electrons. The number of hydrogen-bond donors (Lipinski definition) is 1. The van der Waals surface area contributed by atoms with Crippen LogP contribution in [0.3, 0.4) is 0 Å². The van der Waals surface area contributed by atoms with Crippen molar-refractivity contribution in [1.29, 1.82) is 0 Å². The molecule has 1 saturated heterocycles. The van der Waals surface area contributed by atoms with Gasteiger partial charge in [-0.3, -0.25) is 0 Å². The van der Waals surface area contributed by atoms with Gasteiger partial charge in [0.1, 0.15) is 6.10 Å². The molecule has 2 rings (SSSR count). The molecular weight excluding hydrogens is 220 g/mol. The summed E-state index contributed by atoms with van der Waals surface area (Å²) in [6.07, 6.45) is 3.55. The van der Waals surface area contributed by atoms with Gasteiger partial charge in [0.25, 0.3) is 0 Å². The van der Waals surface area contributed by atoms with Crippen molar-refractivity contribution in [1.82, 2.24) is 0 Å². The van der Waals surface area contributed by atoms with Gasteiger partial charge in [0.15, 0.2) is 0 Å². The van der Waals surface area contributed by atoms with Crippen molar-refractivity contribution < 1.29 is 19.3 Å². The van der Waals surface area contributed by atoms with Crippen LogP contribution in [-0.2, 0) is 14.2 Å². The minimum atomic E-state index is -0.332. The lowest BCUT2D eigenvalue weighted by Gasteiger charge is -2.41. The van der Waals surface area contributed by atoms with Gasteiger partial charge in [-0.1, -0.05) is 6.92 Å². The minimum absolute atomic E-state index is 0.0967. The van der Waals surface area contributed by atoms with Crippen LogP contribution in [0.2, 0.25) is 0 Å². The first-order chi connectivity index (χ1) is 8.31. The van der Waals surface area contributed by atoms with Crippen LogP contribution in [0, 0.1) is 5.92 Å². The summed E-state index contributed by atoms with van der Waals surface area (Å²) < 4.78 is 16.8. The van der Waals surface area contributed by atoms with Crippen molar-refractivity contribution in [3.8, 4) is 0 Å². The summed E-state index contributed by atoms with van der Waals surface area (Å²) in [6, 6.07) is 0. The molecule has 2 aliphatic rings.